The summed E-state index contributed by atoms with van der Waals surface area (Å²) in [4.78, 5) is 20.1. The highest BCUT2D eigenvalue weighted by atomic mass is 35.5. The Balaban J connectivity index is 1.87. The number of nitrogens with one attached hydrogen (secondary N) is 2. The fraction of sp³-hybridized carbons (Fsp3) is 0. The number of halogens is 3. The van der Waals surface area contributed by atoms with E-state index in [1.54, 1.807) is 24.3 Å². The second-order valence-electron chi connectivity index (χ2n) is 4.56. The van der Waals surface area contributed by atoms with Crippen LogP contribution in [0.3, 0.4) is 0 Å². The number of hydrogen-bond acceptors (Lipinski definition) is 4. The van der Waals surface area contributed by atoms with Crippen LogP contribution < -0.4 is 10.9 Å². The maximum atomic E-state index is 13.6. The van der Waals surface area contributed by atoms with Crippen LogP contribution in [0.1, 0.15) is 10.4 Å². The van der Waals surface area contributed by atoms with E-state index in [-0.39, 0.29) is 16.7 Å². The van der Waals surface area contributed by atoms with Crippen molar-refractivity contribution in [1.29, 1.82) is 0 Å². The van der Waals surface area contributed by atoms with E-state index in [9.17, 15) is 9.18 Å². The standard InChI is InChI=1S/C15H9Cl2FN4O/c16-8-5-6-10-12(7-8)19-15(17)20-13(10)21-22-14(23)9-3-1-2-4-11(9)18/h1-7H,(H,22,23)(H,19,20,21). The smallest absolute Gasteiger partial charge is 0.272 e. The molecule has 3 rings (SSSR count). The Morgan fingerprint density at radius 3 is 2.65 bits per heavy atom. The molecule has 0 saturated carbocycles. The van der Waals surface area contributed by atoms with E-state index in [0.717, 1.165) is 0 Å². The summed E-state index contributed by atoms with van der Waals surface area (Å²) < 4.78 is 13.6. The van der Waals surface area contributed by atoms with Gasteiger partial charge in [0.05, 0.1) is 11.1 Å². The topological polar surface area (TPSA) is 66.9 Å². The molecular weight excluding hydrogens is 342 g/mol. The first-order chi connectivity index (χ1) is 11.0. The minimum absolute atomic E-state index is 0.0117. The van der Waals surface area contributed by atoms with Crippen LogP contribution in [0, 0.1) is 5.82 Å². The molecule has 0 aliphatic carbocycles. The Morgan fingerprint density at radius 2 is 1.87 bits per heavy atom. The first-order valence-corrected chi connectivity index (χ1v) is 7.24. The van der Waals surface area contributed by atoms with Gasteiger partial charge in [-0.2, -0.15) is 4.98 Å². The zero-order valence-corrected chi connectivity index (χ0v) is 13.0. The van der Waals surface area contributed by atoms with Gasteiger partial charge in [-0.25, -0.2) is 9.37 Å². The lowest BCUT2D eigenvalue weighted by molar-refractivity contribution is 0.0958. The highest BCUT2D eigenvalue weighted by Gasteiger charge is 2.12. The molecular formula is C15H9Cl2FN4O. The Kier molecular flexibility index (Phi) is 4.27. The van der Waals surface area contributed by atoms with E-state index in [2.05, 4.69) is 20.8 Å². The first kappa shape index (κ1) is 15.5. The molecule has 0 radical (unpaired) electrons. The molecule has 5 nitrogen and oxygen atoms in total. The van der Waals surface area contributed by atoms with E-state index >= 15 is 0 Å². The fourth-order valence-corrected chi connectivity index (χ4v) is 2.34. The van der Waals surface area contributed by atoms with Crippen molar-refractivity contribution in [2.24, 2.45) is 0 Å². The average Bonchev–Trinajstić information content (AvgIpc) is 2.52. The van der Waals surface area contributed by atoms with Crippen molar-refractivity contribution in [2.45, 2.75) is 0 Å². The molecule has 0 fully saturated rings. The lowest BCUT2D eigenvalue weighted by Crippen LogP contribution is -2.30. The highest BCUT2D eigenvalue weighted by Crippen LogP contribution is 2.24. The second-order valence-corrected chi connectivity index (χ2v) is 5.34. The highest BCUT2D eigenvalue weighted by molar-refractivity contribution is 6.31. The van der Waals surface area contributed by atoms with Crippen LogP contribution in [0.4, 0.5) is 10.2 Å². The molecule has 3 aromatic rings. The third-order valence-corrected chi connectivity index (χ3v) is 3.45. The largest absolute Gasteiger partial charge is 0.281 e. The molecule has 1 heterocycles. The van der Waals surface area contributed by atoms with Crippen molar-refractivity contribution >= 4 is 45.8 Å². The SMILES string of the molecule is O=C(NNc1nc(Cl)nc2cc(Cl)ccc12)c1ccccc1F. The monoisotopic (exact) mass is 350 g/mol. The normalized spacial score (nSPS) is 10.6. The van der Waals surface area contributed by atoms with Crippen LogP contribution in [0.25, 0.3) is 10.9 Å². The molecule has 0 aliphatic rings. The molecule has 0 saturated heterocycles. The Labute approximate surface area is 140 Å². The number of amides is 1. The van der Waals surface area contributed by atoms with E-state index in [4.69, 9.17) is 23.2 Å². The van der Waals surface area contributed by atoms with Gasteiger partial charge in [-0.1, -0.05) is 23.7 Å². The van der Waals surface area contributed by atoms with Gasteiger partial charge in [0.1, 0.15) is 5.82 Å². The zero-order valence-electron chi connectivity index (χ0n) is 11.5. The minimum Gasteiger partial charge on any atom is -0.281 e. The molecule has 0 bridgehead atoms. The van der Waals surface area contributed by atoms with Crippen LogP contribution in [0.15, 0.2) is 42.5 Å². The van der Waals surface area contributed by atoms with Crippen molar-refractivity contribution in [2.75, 3.05) is 5.43 Å². The molecule has 1 amide bonds. The summed E-state index contributed by atoms with van der Waals surface area (Å²) in [5.41, 5.74) is 5.43. The molecule has 8 heteroatoms. The van der Waals surface area contributed by atoms with Crippen molar-refractivity contribution in [3.05, 3.63) is 64.2 Å². The molecule has 2 N–H and O–H groups in total. The molecule has 0 unspecified atom stereocenters. The molecule has 116 valence electrons. The molecule has 0 atom stereocenters. The first-order valence-electron chi connectivity index (χ1n) is 6.48. The predicted octanol–water partition coefficient (Wildman–Crippen LogP) is 3.83. The van der Waals surface area contributed by atoms with Crippen LogP contribution in [0.2, 0.25) is 10.3 Å². The summed E-state index contributed by atoms with van der Waals surface area (Å²) >= 11 is 11.8. The van der Waals surface area contributed by atoms with Crippen molar-refractivity contribution in [3.63, 3.8) is 0 Å². The van der Waals surface area contributed by atoms with Gasteiger partial charge >= 0.3 is 0 Å². The summed E-state index contributed by atoms with van der Waals surface area (Å²) in [5, 5.41) is 1.09. The van der Waals surface area contributed by atoms with Gasteiger partial charge in [-0.05, 0) is 41.9 Å². The maximum Gasteiger partial charge on any atom is 0.272 e. The van der Waals surface area contributed by atoms with Gasteiger partial charge in [0.15, 0.2) is 5.82 Å². The molecule has 1 aromatic heterocycles. The van der Waals surface area contributed by atoms with E-state index < -0.39 is 11.7 Å². The summed E-state index contributed by atoms with van der Waals surface area (Å²) in [7, 11) is 0. The number of hydrazine groups is 1. The quantitative estimate of drug-likeness (QED) is 0.556. The lowest BCUT2D eigenvalue weighted by Gasteiger charge is -2.11. The number of carbonyl (C=O) groups excluding carboxylic acids is 1. The lowest BCUT2D eigenvalue weighted by atomic mass is 10.2. The van der Waals surface area contributed by atoms with Crippen LogP contribution in [-0.4, -0.2) is 15.9 Å². The van der Waals surface area contributed by atoms with Gasteiger partial charge in [-0.15, -0.1) is 0 Å². The molecule has 0 aliphatic heterocycles. The van der Waals surface area contributed by atoms with Gasteiger partial charge in [-0.3, -0.25) is 15.6 Å². The second kappa shape index (κ2) is 6.36. The molecule has 23 heavy (non-hydrogen) atoms. The number of anilines is 1. The van der Waals surface area contributed by atoms with Crippen LogP contribution in [-0.2, 0) is 0 Å². The summed E-state index contributed by atoms with van der Waals surface area (Å²) in [5.74, 6) is -0.981. The maximum absolute atomic E-state index is 13.6. The molecule has 2 aromatic carbocycles. The number of aromatic nitrogens is 2. The van der Waals surface area contributed by atoms with Crippen LogP contribution in [0.5, 0.6) is 0 Å². The van der Waals surface area contributed by atoms with E-state index in [0.29, 0.717) is 15.9 Å². The summed E-state index contributed by atoms with van der Waals surface area (Å²) in [6.45, 7) is 0. The zero-order chi connectivity index (χ0) is 16.4. The number of nitrogens with zero attached hydrogens (tertiary/aromatic N) is 2. The third kappa shape index (κ3) is 3.33. The number of hydrogen-bond donors (Lipinski definition) is 2. The van der Waals surface area contributed by atoms with Gasteiger partial charge in [0.25, 0.3) is 5.91 Å². The van der Waals surface area contributed by atoms with Gasteiger partial charge in [0.2, 0.25) is 5.28 Å². The number of carbonyl (C=O) groups is 1. The van der Waals surface area contributed by atoms with Crippen molar-refractivity contribution in [1.82, 2.24) is 15.4 Å². The van der Waals surface area contributed by atoms with E-state index in [1.165, 1.54) is 18.2 Å². The Morgan fingerprint density at radius 1 is 1.09 bits per heavy atom. The minimum atomic E-state index is -0.639. The number of rotatable bonds is 3. The Hall–Kier alpha value is -2.44. The van der Waals surface area contributed by atoms with Gasteiger partial charge in [0, 0.05) is 10.4 Å². The Bertz CT molecular complexity index is 899. The summed E-state index contributed by atoms with van der Waals surface area (Å²) in [6.07, 6.45) is 0. The van der Waals surface area contributed by atoms with Crippen molar-refractivity contribution < 1.29 is 9.18 Å². The summed E-state index contributed by atoms with van der Waals surface area (Å²) in [6, 6.07) is 10.6. The number of benzene rings is 2. The van der Waals surface area contributed by atoms with Crippen molar-refractivity contribution in [3.8, 4) is 0 Å². The third-order valence-electron chi connectivity index (χ3n) is 3.04. The number of fused-ring (bicyclic) bond motifs is 1. The van der Waals surface area contributed by atoms with Gasteiger partial charge < -0.3 is 0 Å². The predicted molar refractivity (Wildman–Crippen MR) is 87.0 cm³/mol. The average molecular weight is 351 g/mol. The van der Waals surface area contributed by atoms with Crippen LogP contribution >= 0.6 is 23.2 Å². The fourth-order valence-electron chi connectivity index (χ4n) is 2.00. The molecule has 0 spiro atoms. The van der Waals surface area contributed by atoms with E-state index in [1.807, 2.05) is 0 Å².